The van der Waals surface area contributed by atoms with Gasteiger partial charge in [-0.3, -0.25) is 0 Å². The third-order valence-corrected chi connectivity index (χ3v) is 4.11. The van der Waals surface area contributed by atoms with Crippen molar-refractivity contribution in [2.75, 3.05) is 32.5 Å². The summed E-state index contributed by atoms with van der Waals surface area (Å²) in [5.41, 5.74) is 4.46. The summed E-state index contributed by atoms with van der Waals surface area (Å²) >= 11 is 0. The van der Waals surface area contributed by atoms with Gasteiger partial charge in [0.05, 0.1) is 5.69 Å². The highest BCUT2D eigenvalue weighted by Crippen LogP contribution is 2.29. The Balaban J connectivity index is 1.98. The minimum absolute atomic E-state index is 0.245. The smallest absolute Gasteiger partial charge is 0.165 e. The number of anilines is 1. The first-order valence-corrected chi connectivity index (χ1v) is 8.47. The fourth-order valence-corrected chi connectivity index (χ4v) is 2.94. The average Bonchev–Trinajstić information content (AvgIpc) is 2.88. The summed E-state index contributed by atoms with van der Waals surface area (Å²) in [4.78, 5) is 6.84. The third kappa shape index (κ3) is 3.79. The molecule has 0 radical (unpaired) electrons. The molecule has 3 rings (SSSR count). The van der Waals surface area contributed by atoms with Crippen molar-refractivity contribution in [1.29, 1.82) is 0 Å². The molecule has 0 fully saturated rings. The maximum Gasteiger partial charge on any atom is 0.165 e. The lowest BCUT2D eigenvalue weighted by molar-refractivity contribution is 0.405. The van der Waals surface area contributed by atoms with E-state index in [4.69, 9.17) is 0 Å². The Kier molecular flexibility index (Phi) is 4.99. The Morgan fingerprint density at radius 1 is 1.16 bits per heavy atom. The topological polar surface area (TPSA) is 45.5 Å². The first-order chi connectivity index (χ1) is 12.0. The van der Waals surface area contributed by atoms with Gasteiger partial charge < -0.3 is 10.2 Å². The van der Waals surface area contributed by atoms with E-state index in [1.807, 2.05) is 24.4 Å². The highest BCUT2D eigenvalue weighted by molar-refractivity contribution is 5.80. The average molecular weight is 341 g/mol. The molecule has 1 N–H and O–H groups in total. The molecule has 0 aliphatic carbocycles. The van der Waals surface area contributed by atoms with E-state index in [2.05, 4.69) is 34.4 Å². The molecule has 25 heavy (non-hydrogen) atoms. The summed E-state index contributed by atoms with van der Waals surface area (Å²) in [6.07, 6.45) is 1.04. The molecule has 1 aromatic carbocycles. The number of nitrogens with one attached hydrogen (secondary N) is 1. The first-order valence-electron chi connectivity index (χ1n) is 8.47. The van der Waals surface area contributed by atoms with Crippen molar-refractivity contribution in [2.45, 2.75) is 20.3 Å². The molecule has 2 aromatic heterocycles. The van der Waals surface area contributed by atoms with Gasteiger partial charge in [0.1, 0.15) is 11.6 Å². The first kappa shape index (κ1) is 17.4. The van der Waals surface area contributed by atoms with Crippen molar-refractivity contribution in [3.05, 3.63) is 47.5 Å². The van der Waals surface area contributed by atoms with E-state index in [1.54, 1.807) is 12.1 Å². The SMILES string of the molecule is Cc1cc(NCCCN(C)C)n2nc(C)c(-c3ccc(F)cc3)c2n1. The summed E-state index contributed by atoms with van der Waals surface area (Å²) in [6.45, 7) is 5.82. The van der Waals surface area contributed by atoms with Crippen LogP contribution in [0.5, 0.6) is 0 Å². The fraction of sp³-hybridized carbons (Fsp3) is 0.368. The van der Waals surface area contributed by atoms with Crippen LogP contribution < -0.4 is 5.32 Å². The van der Waals surface area contributed by atoms with Gasteiger partial charge in [0.25, 0.3) is 0 Å². The molecule has 0 spiro atoms. The highest BCUT2D eigenvalue weighted by atomic mass is 19.1. The second-order valence-electron chi connectivity index (χ2n) is 6.57. The maximum absolute atomic E-state index is 13.3. The number of rotatable bonds is 6. The van der Waals surface area contributed by atoms with Crippen LogP contribution in [0.2, 0.25) is 0 Å². The Hall–Kier alpha value is -2.47. The lowest BCUT2D eigenvalue weighted by Gasteiger charge is -2.12. The molecule has 5 nitrogen and oxygen atoms in total. The number of halogens is 1. The molecule has 0 unspecified atom stereocenters. The number of benzene rings is 1. The van der Waals surface area contributed by atoms with E-state index in [0.717, 1.165) is 53.5 Å². The molecule has 0 amide bonds. The monoisotopic (exact) mass is 341 g/mol. The number of fused-ring (bicyclic) bond motifs is 1. The molecular formula is C19H24FN5. The Morgan fingerprint density at radius 3 is 2.56 bits per heavy atom. The predicted octanol–water partition coefficient (Wildman–Crippen LogP) is 3.52. The Morgan fingerprint density at radius 2 is 1.88 bits per heavy atom. The summed E-state index contributed by atoms with van der Waals surface area (Å²) in [5.74, 6) is 0.683. The van der Waals surface area contributed by atoms with E-state index in [9.17, 15) is 4.39 Å². The molecular weight excluding hydrogens is 317 g/mol. The van der Waals surface area contributed by atoms with Crippen LogP contribution in [0.25, 0.3) is 16.8 Å². The summed E-state index contributed by atoms with van der Waals surface area (Å²) in [7, 11) is 4.14. The van der Waals surface area contributed by atoms with Crippen LogP contribution >= 0.6 is 0 Å². The van der Waals surface area contributed by atoms with Crippen molar-refractivity contribution in [2.24, 2.45) is 0 Å². The second-order valence-corrected chi connectivity index (χ2v) is 6.57. The standard InChI is InChI=1S/C19H24FN5/c1-13-12-17(21-10-5-11-24(3)4)25-19(22-13)18(14(2)23-25)15-6-8-16(20)9-7-15/h6-9,12,21H,5,10-11H2,1-4H3. The predicted molar refractivity (Wildman–Crippen MR) is 99.5 cm³/mol. The molecule has 6 heteroatoms. The zero-order valence-corrected chi connectivity index (χ0v) is 15.2. The lowest BCUT2D eigenvalue weighted by atomic mass is 10.1. The van der Waals surface area contributed by atoms with Crippen LogP contribution in [-0.2, 0) is 0 Å². The quantitative estimate of drug-likeness (QED) is 0.697. The summed E-state index contributed by atoms with van der Waals surface area (Å²) in [6, 6.07) is 8.48. The zero-order valence-electron chi connectivity index (χ0n) is 15.2. The van der Waals surface area contributed by atoms with E-state index < -0.39 is 0 Å². The van der Waals surface area contributed by atoms with Crippen molar-refractivity contribution in [1.82, 2.24) is 19.5 Å². The Labute approximate surface area is 147 Å². The van der Waals surface area contributed by atoms with Crippen LogP contribution in [0.1, 0.15) is 17.8 Å². The van der Waals surface area contributed by atoms with Crippen molar-refractivity contribution in [3.63, 3.8) is 0 Å². The molecule has 0 atom stereocenters. The highest BCUT2D eigenvalue weighted by Gasteiger charge is 2.16. The molecule has 2 heterocycles. The van der Waals surface area contributed by atoms with Gasteiger partial charge in [-0.15, -0.1) is 0 Å². The van der Waals surface area contributed by atoms with Crippen LogP contribution in [0.3, 0.4) is 0 Å². The molecule has 0 bridgehead atoms. The summed E-state index contributed by atoms with van der Waals surface area (Å²) in [5, 5.41) is 8.11. The minimum atomic E-state index is -0.245. The fourth-order valence-electron chi connectivity index (χ4n) is 2.94. The van der Waals surface area contributed by atoms with Gasteiger partial charge in [-0.05, 0) is 58.6 Å². The number of nitrogens with zero attached hydrogens (tertiary/aromatic N) is 4. The van der Waals surface area contributed by atoms with Crippen molar-refractivity contribution >= 4 is 11.5 Å². The molecule has 0 aliphatic rings. The zero-order chi connectivity index (χ0) is 18.0. The number of hydrogen-bond donors (Lipinski definition) is 1. The summed E-state index contributed by atoms with van der Waals surface area (Å²) < 4.78 is 15.1. The van der Waals surface area contributed by atoms with Gasteiger partial charge in [0.15, 0.2) is 5.65 Å². The van der Waals surface area contributed by atoms with Crippen molar-refractivity contribution in [3.8, 4) is 11.1 Å². The van der Waals surface area contributed by atoms with Crippen LogP contribution in [-0.4, -0.2) is 46.7 Å². The van der Waals surface area contributed by atoms with Crippen molar-refractivity contribution < 1.29 is 4.39 Å². The molecule has 0 saturated carbocycles. The number of hydrogen-bond acceptors (Lipinski definition) is 4. The molecule has 0 saturated heterocycles. The lowest BCUT2D eigenvalue weighted by Crippen LogP contribution is -2.17. The van der Waals surface area contributed by atoms with Gasteiger partial charge >= 0.3 is 0 Å². The second kappa shape index (κ2) is 7.19. The third-order valence-electron chi connectivity index (χ3n) is 4.11. The number of aromatic nitrogens is 3. The van der Waals surface area contributed by atoms with Gasteiger partial charge in [-0.1, -0.05) is 12.1 Å². The van der Waals surface area contributed by atoms with Gasteiger partial charge in [-0.25, -0.2) is 9.37 Å². The van der Waals surface area contributed by atoms with E-state index in [-0.39, 0.29) is 5.82 Å². The minimum Gasteiger partial charge on any atom is -0.370 e. The maximum atomic E-state index is 13.3. The van der Waals surface area contributed by atoms with E-state index in [0.29, 0.717) is 0 Å². The number of aryl methyl sites for hydroxylation is 2. The van der Waals surface area contributed by atoms with Crippen LogP contribution in [0.15, 0.2) is 30.3 Å². The van der Waals surface area contributed by atoms with Crippen LogP contribution in [0.4, 0.5) is 10.2 Å². The molecule has 132 valence electrons. The van der Waals surface area contributed by atoms with E-state index >= 15 is 0 Å². The van der Waals surface area contributed by atoms with E-state index in [1.165, 1.54) is 12.1 Å². The normalized spacial score (nSPS) is 11.4. The largest absolute Gasteiger partial charge is 0.370 e. The Bertz CT molecular complexity index is 868. The van der Waals surface area contributed by atoms with Gasteiger partial charge in [0.2, 0.25) is 0 Å². The molecule has 3 aromatic rings. The molecule has 0 aliphatic heterocycles. The van der Waals surface area contributed by atoms with Crippen LogP contribution in [0, 0.1) is 19.7 Å². The van der Waals surface area contributed by atoms with Gasteiger partial charge in [-0.2, -0.15) is 9.61 Å². The van der Waals surface area contributed by atoms with Gasteiger partial charge in [0, 0.05) is 23.9 Å².